The molecule has 6 N–H and O–H groups in total. The van der Waals surface area contributed by atoms with Crippen molar-refractivity contribution < 1.29 is 143 Å². The predicted molar refractivity (Wildman–Crippen MR) is 303 cm³/mol. The maximum Gasteiger partial charge on any atom is 0.332 e. The minimum atomic E-state index is -0.732. The van der Waals surface area contributed by atoms with Crippen molar-refractivity contribution in [3.63, 3.8) is 0 Å². The number of carbonyl (C=O) groups excluding carboxylic acids is 18. The van der Waals surface area contributed by atoms with E-state index < -0.39 is 71.6 Å². The van der Waals surface area contributed by atoms with Gasteiger partial charge < -0.3 is 88.7 Å². The van der Waals surface area contributed by atoms with Crippen LogP contribution in [0.2, 0.25) is 0 Å². The van der Waals surface area contributed by atoms with Gasteiger partial charge >= 0.3 is 71.6 Å². The van der Waals surface area contributed by atoms with Gasteiger partial charge in [0.05, 0.1) is 42.7 Å². The highest BCUT2D eigenvalue weighted by Gasteiger charge is 2.10. The zero-order valence-electron chi connectivity index (χ0n) is 52.2. The van der Waals surface area contributed by atoms with Gasteiger partial charge in [0.25, 0.3) is 0 Å². The molecule has 90 heavy (non-hydrogen) atoms. The summed E-state index contributed by atoms with van der Waals surface area (Å²) < 4.78 is 52.8. The molecule has 0 aromatic carbocycles. The topological polar surface area (TPSA) is 490 Å². The first kappa shape index (κ1) is 90.1. The minimum absolute atomic E-state index is 0.177. The van der Waals surface area contributed by atoms with Crippen molar-refractivity contribution in [3.8, 4) is 0 Å². The van der Waals surface area contributed by atoms with Crippen molar-refractivity contribution in [1.82, 2.24) is 31.9 Å². The molecular weight excluding hydrogens is 1210 g/mol. The molecule has 0 saturated carbocycles. The van der Waals surface area contributed by atoms with Crippen LogP contribution in [0.5, 0.6) is 0 Å². The fourth-order valence-electron chi connectivity index (χ4n) is 3.29. The van der Waals surface area contributed by atoms with E-state index in [4.69, 9.17) is 0 Å². The quantitative estimate of drug-likeness (QED) is 0.0225. The highest BCUT2D eigenvalue weighted by Crippen LogP contribution is 1.94. The Hall–Kier alpha value is -11.1. The second kappa shape index (κ2) is 59.6. The third-order valence-corrected chi connectivity index (χ3v) is 7.90. The molecular formula is C54H78N6O30. The molecule has 0 unspecified atom stereocenters. The summed E-state index contributed by atoms with van der Waals surface area (Å²) in [6, 6.07) is 0. The van der Waals surface area contributed by atoms with Crippen molar-refractivity contribution >= 4 is 107 Å². The second-order valence-electron chi connectivity index (χ2n) is 16.1. The molecule has 0 aliphatic carbocycles. The summed E-state index contributed by atoms with van der Waals surface area (Å²) in [5.74, 6) is -10.4. The fourth-order valence-corrected chi connectivity index (χ4v) is 3.29. The van der Waals surface area contributed by atoms with Gasteiger partial charge in [-0.25, -0.2) is 57.5 Å². The molecule has 0 atom stereocenters. The molecule has 0 spiro atoms. The predicted octanol–water partition coefficient (Wildman–Crippen LogP) is -1.98. The standard InChI is InChI=1S/3C10H15NO5.3C8H11NO5/c3*1-7(2)10(14)11-6-16-9(13)5-4-8(12)15-3;3*1-6(10)9-5-14-8(12)4-3-7(11)13-2/h3*4-5,7H,6H2,1-3H3,(H,11,14);3*3-4H,5H2,1-2H3,(H,9,10)/b3*5-4+;3*4-3+. The Morgan fingerprint density at radius 3 is 0.467 bits per heavy atom. The van der Waals surface area contributed by atoms with Crippen LogP contribution < -0.4 is 31.9 Å². The van der Waals surface area contributed by atoms with E-state index in [0.717, 1.165) is 72.9 Å². The van der Waals surface area contributed by atoms with Gasteiger partial charge in [-0.15, -0.1) is 0 Å². The Kier molecular flexibility index (Phi) is 59.7. The van der Waals surface area contributed by atoms with Gasteiger partial charge in [-0.2, -0.15) is 0 Å². The number of amides is 6. The van der Waals surface area contributed by atoms with Gasteiger partial charge in [-0.05, 0) is 0 Å². The Labute approximate surface area is 517 Å². The SMILES string of the molecule is COC(=O)/C=C/C(=O)OCNC(=O)C(C)C.COC(=O)/C=C/C(=O)OCNC(=O)C(C)C.COC(=O)/C=C/C(=O)OCNC(=O)C(C)C.COC(=O)/C=C/C(=O)OCNC(C)=O.COC(=O)/C=C/C(=O)OCNC(C)=O.COC(=O)/C=C/C(=O)OCNC(C)=O. The number of carbonyl (C=O) groups is 18. The summed E-state index contributed by atoms with van der Waals surface area (Å²) in [7, 11) is 7.16. The van der Waals surface area contributed by atoms with Crippen molar-refractivity contribution in [1.29, 1.82) is 0 Å². The van der Waals surface area contributed by atoms with Gasteiger partial charge in [0.15, 0.2) is 40.4 Å². The Morgan fingerprint density at radius 2 is 0.356 bits per heavy atom. The lowest BCUT2D eigenvalue weighted by atomic mass is 10.2. The van der Waals surface area contributed by atoms with Crippen LogP contribution >= 0.6 is 0 Å². The first-order valence-corrected chi connectivity index (χ1v) is 25.2. The number of methoxy groups -OCH3 is 6. The zero-order valence-corrected chi connectivity index (χ0v) is 52.2. The molecule has 0 fully saturated rings. The molecule has 0 heterocycles. The average Bonchev–Trinajstić information content (AvgIpc) is 3.53. The maximum absolute atomic E-state index is 11.0. The van der Waals surface area contributed by atoms with E-state index in [9.17, 15) is 86.3 Å². The van der Waals surface area contributed by atoms with Crippen molar-refractivity contribution in [2.75, 3.05) is 83.0 Å². The third-order valence-electron chi connectivity index (χ3n) is 7.90. The van der Waals surface area contributed by atoms with E-state index >= 15 is 0 Å². The number of nitrogens with one attached hydrogen (secondary N) is 6. The largest absolute Gasteiger partial charge is 0.466 e. The van der Waals surface area contributed by atoms with Crippen LogP contribution in [0.15, 0.2) is 72.9 Å². The third kappa shape index (κ3) is 71.2. The summed E-state index contributed by atoms with van der Waals surface area (Å²) in [4.78, 5) is 193. The summed E-state index contributed by atoms with van der Waals surface area (Å²) in [5, 5.41) is 13.9. The molecule has 504 valence electrons. The van der Waals surface area contributed by atoms with E-state index in [0.29, 0.717) is 0 Å². The van der Waals surface area contributed by atoms with Crippen molar-refractivity contribution in [2.45, 2.75) is 62.3 Å². The number of hydrogen-bond donors (Lipinski definition) is 6. The van der Waals surface area contributed by atoms with E-state index in [1.54, 1.807) is 41.5 Å². The number of ether oxygens (including phenoxy) is 12. The highest BCUT2D eigenvalue weighted by molar-refractivity contribution is 5.95. The highest BCUT2D eigenvalue weighted by atomic mass is 16.6. The molecule has 36 nitrogen and oxygen atoms in total. The Balaban J connectivity index is -0.000000235. The first-order valence-electron chi connectivity index (χ1n) is 25.2. The van der Waals surface area contributed by atoms with Gasteiger partial charge in [0, 0.05) is 111 Å². The number of rotatable bonds is 27. The fraction of sp³-hybridized carbons (Fsp3) is 0.444. The molecule has 0 saturated heterocycles. The molecule has 0 aromatic rings. The van der Waals surface area contributed by atoms with E-state index in [-0.39, 0.29) is 93.6 Å². The van der Waals surface area contributed by atoms with E-state index in [1.807, 2.05) is 0 Å². The average molecular weight is 1290 g/mol. The molecule has 6 amide bonds. The lowest BCUT2D eigenvalue weighted by Crippen LogP contribution is -2.30. The van der Waals surface area contributed by atoms with Gasteiger partial charge in [-0.1, -0.05) is 41.5 Å². The van der Waals surface area contributed by atoms with E-state index in [2.05, 4.69) is 88.7 Å². The van der Waals surface area contributed by atoms with Crippen LogP contribution in [-0.4, -0.2) is 190 Å². The molecule has 0 aromatic heterocycles. The van der Waals surface area contributed by atoms with Crippen molar-refractivity contribution in [3.05, 3.63) is 72.9 Å². The summed E-state index contributed by atoms with van der Waals surface area (Å²) in [5.41, 5.74) is 0. The van der Waals surface area contributed by atoms with Crippen LogP contribution in [0, 0.1) is 17.8 Å². The molecule has 0 rings (SSSR count). The Morgan fingerprint density at radius 1 is 0.233 bits per heavy atom. The number of hydrogen-bond acceptors (Lipinski definition) is 30. The van der Waals surface area contributed by atoms with E-state index in [1.165, 1.54) is 63.4 Å². The lowest BCUT2D eigenvalue weighted by Gasteiger charge is -2.06. The Bertz CT molecular complexity index is 2270. The van der Waals surface area contributed by atoms with Crippen LogP contribution in [0.4, 0.5) is 0 Å². The summed E-state index contributed by atoms with van der Waals surface area (Å²) >= 11 is 0. The molecule has 0 aliphatic rings. The molecule has 36 heteroatoms. The van der Waals surface area contributed by atoms with Gasteiger partial charge in [0.2, 0.25) is 35.4 Å². The summed E-state index contributed by atoms with van der Waals surface area (Å²) in [6.07, 6.45) is 11.1. The van der Waals surface area contributed by atoms with Crippen molar-refractivity contribution in [2.24, 2.45) is 17.8 Å². The monoisotopic (exact) mass is 1290 g/mol. The van der Waals surface area contributed by atoms with Crippen LogP contribution in [-0.2, 0) is 143 Å². The minimum Gasteiger partial charge on any atom is -0.466 e. The molecule has 0 radical (unpaired) electrons. The maximum atomic E-state index is 11.0. The molecule has 0 aliphatic heterocycles. The lowest BCUT2D eigenvalue weighted by molar-refractivity contribution is -0.142. The zero-order chi connectivity index (χ0) is 70.6. The van der Waals surface area contributed by atoms with Crippen LogP contribution in [0.1, 0.15) is 62.3 Å². The number of esters is 12. The first-order chi connectivity index (χ1) is 42.1. The van der Waals surface area contributed by atoms with Gasteiger partial charge in [0.1, 0.15) is 0 Å². The molecule has 0 bridgehead atoms. The van der Waals surface area contributed by atoms with Crippen LogP contribution in [0.3, 0.4) is 0 Å². The van der Waals surface area contributed by atoms with Gasteiger partial charge in [-0.3, -0.25) is 28.8 Å². The second-order valence-corrected chi connectivity index (χ2v) is 16.1. The summed E-state index contributed by atoms with van der Waals surface area (Å²) in [6.45, 7) is 12.8. The normalized spacial score (nSPS) is 9.93. The van der Waals surface area contributed by atoms with Crippen LogP contribution in [0.25, 0.3) is 0 Å². The smallest absolute Gasteiger partial charge is 0.332 e.